The van der Waals surface area contributed by atoms with E-state index < -0.39 is 0 Å². The number of carbonyl (C=O) groups excluding carboxylic acids is 1. The van der Waals surface area contributed by atoms with Gasteiger partial charge in [-0.05, 0) is 50.5 Å². The van der Waals surface area contributed by atoms with Crippen LogP contribution in [0.4, 0.5) is 0 Å². The second-order valence-corrected chi connectivity index (χ2v) is 8.29. The quantitative estimate of drug-likeness (QED) is 0.702. The smallest absolute Gasteiger partial charge is 0.234 e. The lowest BCUT2D eigenvalue weighted by Gasteiger charge is -2.26. The molecule has 0 heterocycles. The zero-order valence-corrected chi connectivity index (χ0v) is 13.6. The molecule has 0 unspecified atom stereocenters. The minimum absolute atomic E-state index is 0.0736. The van der Waals surface area contributed by atoms with Crippen molar-refractivity contribution < 1.29 is 4.79 Å². The standard InChI is InChI=1S/C14H30N2OS/c1-13(2,3)8-10-18-9-7-11(12(15)17)16-14(4,5)6/h11,16H,7-10H2,1-6H3,(H2,15,17)/t11-/m1/s1. The average Bonchev–Trinajstić information content (AvgIpc) is 2.11. The minimum atomic E-state index is -0.249. The van der Waals surface area contributed by atoms with Crippen molar-refractivity contribution in [3.8, 4) is 0 Å². The molecular weight excluding hydrogens is 244 g/mol. The fraction of sp³-hybridized carbons (Fsp3) is 0.929. The molecule has 0 aliphatic rings. The molecule has 0 fully saturated rings. The lowest BCUT2D eigenvalue weighted by Crippen LogP contribution is -2.50. The largest absolute Gasteiger partial charge is 0.368 e. The molecule has 0 aromatic heterocycles. The average molecular weight is 274 g/mol. The topological polar surface area (TPSA) is 55.1 Å². The Labute approximate surface area is 117 Å². The molecule has 0 bridgehead atoms. The summed E-state index contributed by atoms with van der Waals surface area (Å²) in [5.74, 6) is 1.87. The minimum Gasteiger partial charge on any atom is -0.368 e. The highest BCUT2D eigenvalue weighted by molar-refractivity contribution is 7.99. The number of carbonyl (C=O) groups is 1. The summed E-state index contributed by atoms with van der Waals surface area (Å²) in [6.07, 6.45) is 2.01. The molecule has 0 aliphatic heterocycles. The molecule has 0 rings (SSSR count). The molecule has 0 spiro atoms. The van der Waals surface area contributed by atoms with Gasteiger partial charge in [0.2, 0.25) is 5.91 Å². The van der Waals surface area contributed by atoms with Gasteiger partial charge in [-0.3, -0.25) is 4.79 Å². The Morgan fingerprint density at radius 2 is 1.72 bits per heavy atom. The lowest BCUT2D eigenvalue weighted by atomic mass is 9.94. The molecule has 0 aliphatic carbocycles. The van der Waals surface area contributed by atoms with Gasteiger partial charge in [-0.1, -0.05) is 20.8 Å². The van der Waals surface area contributed by atoms with Gasteiger partial charge in [0.15, 0.2) is 0 Å². The highest BCUT2D eigenvalue weighted by Crippen LogP contribution is 2.21. The number of hydrogen-bond acceptors (Lipinski definition) is 3. The third kappa shape index (κ3) is 10.9. The first kappa shape index (κ1) is 17.8. The fourth-order valence-electron chi connectivity index (χ4n) is 1.49. The van der Waals surface area contributed by atoms with E-state index in [0.717, 1.165) is 17.9 Å². The second-order valence-electron chi connectivity index (χ2n) is 7.06. The van der Waals surface area contributed by atoms with Crippen molar-refractivity contribution in [3.63, 3.8) is 0 Å². The zero-order chi connectivity index (χ0) is 14.4. The summed E-state index contributed by atoms with van der Waals surface area (Å²) in [6.45, 7) is 12.9. The van der Waals surface area contributed by atoms with Gasteiger partial charge in [0.1, 0.15) is 0 Å². The zero-order valence-electron chi connectivity index (χ0n) is 12.8. The van der Waals surface area contributed by atoms with Crippen LogP contribution in [0.1, 0.15) is 54.4 Å². The van der Waals surface area contributed by atoms with Crippen molar-refractivity contribution in [2.45, 2.75) is 66.0 Å². The van der Waals surface area contributed by atoms with Gasteiger partial charge < -0.3 is 11.1 Å². The summed E-state index contributed by atoms with van der Waals surface area (Å²) in [5, 5.41) is 3.27. The molecule has 0 aromatic carbocycles. The van der Waals surface area contributed by atoms with Gasteiger partial charge in [-0.2, -0.15) is 11.8 Å². The molecule has 0 saturated heterocycles. The van der Waals surface area contributed by atoms with Gasteiger partial charge >= 0.3 is 0 Å². The van der Waals surface area contributed by atoms with E-state index in [9.17, 15) is 4.79 Å². The van der Waals surface area contributed by atoms with Crippen LogP contribution in [-0.2, 0) is 4.79 Å². The monoisotopic (exact) mass is 274 g/mol. The van der Waals surface area contributed by atoms with Gasteiger partial charge in [0, 0.05) is 5.54 Å². The van der Waals surface area contributed by atoms with Crippen molar-refractivity contribution in [2.75, 3.05) is 11.5 Å². The fourth-order valence-corrected chi connectivity index (χ4v) is 2.85. The molecular formula is C14H30N2OS. The van der Waals surface area contributed by atoms with Gasteiger partial charge in [-0.15, -0.1) is 0 Å². The summed E-state index contributed by atoms with van der Waals surface area (Å²) in [5.41, 5.74) is 5.73. The van der Waals surface area contributed by atoms with Crippen LogP contribution in [0.3, 0.4) is 0 Å². The SMILES string of the molecule is CC(C)(C)CCSCC[C@@H](NC(C)(C)C)C(N)=O. The van der Waals surface area contributed by atoms with Crippen LogP contribution in [0, 0.1) is 5.41 Å². The van der Waals surface area contributed by atoms with E-state index >= 15 is 0 Å². The number of amides is 1. The maximum atomic E-state index is 11.4. The van der Waals surface area contributed by atoms with Gasteiger partial charge in [-0.25, -0.2) is 0 Å². The molecule has 3 nitrogen and oxygen atoms in total. The molecule has 3 N–H and O–H groups in total. The molecule has 1 amide bonds. The Balaban J connectivity index is 3.89. The van der Waals surface area contributed by atoms with E-state index in [-0.39, 0.29) is 17.5 Å². The highest BCUT2D eigenvalue weighted by atomic mass is 32.2. The summed E-state index contributed by atoms with van der Waals surface area (Å²) < 4.78 is 0. The predicted molar refractivity (Wildman–Crippen MR) is 81.9 cm³/mol. The van der Waals surface area contributed by atoms with Crippen molar-refractivity contribution in [2.24, 2.45) is 11.1 Å². The summed E-state index contributed by atoms with van der Waals surface area (Å²) in [7, 11) is 0. The van der Waals surface area contributed by atoms with E-state index in [1.807, 2.05) is 11.8 Å². The van der Waals surface area contributed by atoms with Crippen LogP contribution < -0.4 is 11.1 Å². The van der Waals surface area contributed by atoms with E-state index in [4.69, 9.17) is 5.73 Å². The molecule has 0 saturated carbocycles. The third-order valence-corrected chi connectivity index (χ3v) is 3.52. The maximum absolute atomic E-state index is 11.4. The first-order chi connectivity index (χ1) is 8.01. The first-order valence-corrected chi connectivity index (χ1v) is 7.81. The van der Waals surface area contributed by atoms with Gasteiger partial charge in [0.25, 0.3) is 0 Å². The van der Waals surface area contributed by atoms with Crippen LogP contribution in [0.25, 0.3) is 0 Å². The Kier molecular flexibility index (Phi) is 7.30. The Hall–Kier alpha value is -0.220. The van der Waals surface area contributed by atoms with E-state index in [1.165, 1.54) is 6.42 Å². The maximum Gasteiger partial charge on any atom is 0.234 e. The van der Waals surface area contributed by atoms with E-state index in [1.54, 1.807) is 0 Å². The molecule has 0 aromatic rings. The molecule has 1 atom stereocenters. The second kappa shape index (κ2) is 7.39. The number of rotatable bonds is 7. The summed E-state index contributed by atoms with van der Waals surface area (Å²) >= 11 is 1.90. The summed E-state index contributed by atoms with van der Waals surface area (Å²) in [6, 6.07) is -0.216. The molecule has 0 radical (unpaired) electrons. The van der Waals surface area contributed by atoms with E-state index in [0.29, 0.717) is 5.41 Å². The molecule has 108 valence electrons. The van der Waals surface area contributed by atoms with Crippen LogP contribution in [0.2, 0.25) is 0 Å². The van der Waals surface area contributed by atoms with Crippen LogP contribution in [0.15, 0.2) is 0 Å². The normalized spacial score (nSPS) is 14.6. The number of thioether (sulfide) groups is 1. The Morgan fingerprint density at radius 1 is 1.17 bits per heavy atom. The van der Waals surface area contributed by atoms with Crippen molar-refractivity contribution in [3.05, 3.63) is 0 Å². The Bertz CT molecular complexity index is 254. The predicted octanol–water partition coefficient (Wildman–Crippen LogP) is 2.79. The van der Waals surface area contributed by atoms with Crippen molar-refractivity contribution in [1.82, 2.24) is 5.32 Å². The van der Waals surface area contributed by atoms with Gasteiger partial charge in [0.05, 0.1) is 6.04 Å². The van der Waals surface area contributed by atoms with Crippen LogP contribution in [-0.4, -0.2) is 29.0 Å². The van der Waals surface area contributed by atoms with Crippen LogP contribution >= 0.6 is 11.8 Å². The first-order valence-electron chi connectivity index (χ1n) is 6.66. The number of nitrogens with two attached hydrogens (primary N) is 1. The molecule has 18 heavy (non-hydrogen) atoms. The molecule has 4 heteroatoms. The number of primary amides is 1. The van der Waals surface area contributed by atoms with Crippen LogP contribution in [0.5, 0.6) is 0 Å². The van der Waals surface area contributed by atoms with Crippen molar-refractivity contribution >= 4 is 17.7 Å². The lowest BCUT2D eigenvalue weighted by molar-refractivity contribution is -0.120. The summed E-state index contributed by atoms with van der Waals surface area (Å²) in [4.78, 5) is 11.4. The third-order valence-electron chi connectivity index (χ3n) is 2.50. The van der Waals surface area contributed by atoms with E-state index in [2.05, 4.69) is 46.9 Å². The Morgan fingerprint density at radius 3 is 2.11 bits per heavy atom. The number of nitrogens with one attached hydrogen (secondary N) is 1. The van der Waals surface area contributed by atoms with Crippen molar-refractivity contribution in [1.29, 1.82) is 0 Å². The highest BCUT2D eigenvalue weighted by Gasteiger charge is 2.21. The number of hydrogen-bond donors (Lipinski definition) is 2.